The fourth-order valence-corrected chi connectivity index (χ4v) is 0.226. The van der Waals surface area contributed by atoms with Gasteiger partial charge in [-0.25, -0.2) is 0 Å². The molecule has 0 heterocycles. The molecule has 0 saturated heterocycles. The van der Waals surface area contributed by atoms with Gasteiger partial charge < -0.3 is 0 Å². The summed E-state index contributed by atoms with van der Waals surface area (Å²) in [6, 6.07) is 0. The molecule has 57 valence electrons. The monoisotopic (exact) mass is 155 g/mol. The lowest BCUT2D eigenvalue weighted by Gasteiger charge is -1.93. The van der Waals surface area contributed by atoms with E-state index in [0.29, 0.717) is 0 Å². The molecule has 0 aromatic carbocycles. The Bertz CT molecular complexity index is 145. The number of rotatable bonds is 3. The van der Waals surface area contributed by atoms with Gasteiger partial charge >= 0.3 is 12.6 Å². The largest absolute Gasteiger partial charge is 0.660 e. The third-order valence-corrected chi connectivity index (χ3v) is 0.569. The third kappa shape index (κ3) is 1.88. The minimum Gasteiger partial charge on any atom is -0.258 e. The summed E-state index contributed by atoms with van der Waals surface area (Å²) < 4.78 is 22.6. The molecule has 6 nitrogen and oxygen atoms in total. The van der Waals surface area contributed by atoms with E-state index in [2.05, 4.69) is 0 Å². The van der Waals surface area contributed by atoms with E-state index in [1.807, 2.05) is 0 Å². The number of alkyl halides is 2. The zero-order valence-corrected chi connectivity index (χ0v) is 4.36. The molecular formula is C2HF2N2O4. The van der Waals surface area contributed by atoms with E-state index in [0.717, 1.165) is 0 Å². The SMILES string of the molecule is O=[N+]([O-])[C](C(F)F)[N+](=O)[O-]. The molecule has 0 rings (SSSR count). The van der Waals surface area contributed by atoms with Crippen LogP contribution in [0.2, 0.25) is 0 Å². The highest BCUT2D eigenvalue weighted by molar-refractivity contribution is 4.63. The highest BCUT2D eigenvalue weighted by Gasteiger charge is 2.50. The molecule has 10 heavy (non-hydrogen) atoms. The molecule has 0 spiro atoms. The highest BCUT2D eigenvalue weighted by Crippen LogP contribution is 2.12. The maximum Gasteiger partial charge on any atom is 0.660 e. The lowest BCUT2D eigenvalue weighted by molar-refractivity contribution is -0.682. The number of halogens is 2. The summed E-state index contributed by atoms with van der Waals surface area (Å²) in [7, 11) is 0. The van der Waals surface area contributed by atoms with Crippen LogP contribution in [0.25, 0.3) is 0 Å². The van der Waals surface area contributed by atoms with E-state index in [1.54, 1.807) is 0 Å². The standard InChI is InChI=1S/C2HF2N2O4/c3-1(4)2(5(7)8)6(9)10/h1H. The van der Waals surface area contributed by atoms with Crippen molar-refractivity contribution in [3.05, 3.63) is 26.4 Å². The summed E-state index contributed by atoms with van der Waals surface area (Å²) in [5, 5.41) is 18.9. The fourth-order valence-electron chi connectivity index (χ4n) is 0.226. The quantitative estimate of drug-likeness (QED) is 0.433. The summed E-state index contributed by atoms with van der Waals surface area (Å²) in [6.45, 7) is 0. The first kappa shape index (κ1) is 8.66. The molecule has 1 radical (unpaired) electrons. The molecule has 0 bridgehead atoms. The molecule has 0 aromatic rings. The van der Waals surface area contributed by atoms with Crippen molar-refractivity contribution in [3.63, 3.8) is 0 Å². The Balaban J connectivity index is 4.27. The van der Waals surface area contributed by atoms with Crippen LogP contribution in [0.4, 0.5) is 8.78 Å². The van der Waals surface area contributed by atoms with Crippen LogP contribution in [0, 0.1) is 26.4 Å². The Labute approximate surface area is 52.7 Å². The summed E-state index contributed by atoms with van der Waals surface area (Å²) in [6.07, 6.45) is -5.84. The molecule has 0 N–H and O–H groups in total. The van der Waals surface area contributed by atoms with Gasteiger partial charge in [-0.3, -0.25) is 20.2 Å². The minimum absolute atomic E-state index is 1.72. The predicted octanol–water partition coefficient (Wildman–Crippen LogP) is 0.294. The number of nitrogens with zero attached hydrogens (tertiary/aromatic N) is 2. The molecule has 0 saturated carbocycles. The Morgan fingerprint density at radius 1 is 1.20 bits per heavy atom. The molecule has 0 aliphatic rings. The van der Waals surface area contributed by atoms with E-state index in [1.165, 1.54) is 0 Å². The van der Waals surface area contributed by atoms with E-state index in [4.69, 9.17) is 0 Å². The van der Waals surface area contributed by atoms with Gasteiger partial charge in [0.05, 0.1) is 0 Å². The first-order chi connectivity index (χ1) is 4.46. The molecule has 0 unspecified atom stereocenters. The molecule has 0 aliphatic heterocycles. The van der Waals surface area contributed by atoms with E-state index in [9.17, 15) is 29.0 Å². The van der Waals surface area contributed by atoms with Gasteiger partial charge in [0.2, 0.25) is 0 Å². The van der Waals surface area contributed by atoms with Crippen LogP contribution in [-0.4, -0.2) is 16.3 Å². The molecule has 8 heteroatoms. The van der Waals surface area contributed by atoms with Crippen LogP contribution in [0.3, 0.4) is 0 Å². The second kappa shape index (κ2) is 2.99. The Morgan fingerprint density at radius 3 is 1.50 bits per heavy atom. The number of hydrogen-bond acceptors (Lipinski definition) is 4. The van der Waals surface area contributed by atoms with E-state index in [-0.39, 0.29) is 0 Å². The Morgan fingerprint density at radius 2 is 1.50 bits per heavy atom. The Kier molecular flexibility index (Phi) is 2.59. The summed E-state index contributed by atoms with van der Waals surface area (Å²) >= 11 is 0. The zero-order chi connectivity index (χ0) is 8.31. The summed E-state index contributed by atoms with van der Waals surface area (Å²) in [5.41, 5.74) is 0. The van der Waals surface area contributed by atoms with Crippen LogP contribution in [-0.2, 0) is 0 Å². The van der Waals surface area contributed by atoms with E-state index >= 15 is 0 Å². The highest BCUT2D eigenvalue weighted by atomic mass is 19.3. The fraction of sp³-hybridized carbons (Fsp3) is 0.500. The van der Waals surface area contributed by atoms with Crippen LogP contribution >= 0.6 is 0 Å². The van der Waals surface area contributed by atoms with Crippen molar-refractivity contribution in [1.29, 1.82) is 0 Å². The van der Waals surface area contributed by atoms with Crippen molar-refractivity contribution in [2.24, 2.45) is 0 Å². The third-order valence-electron chi connectivity index (χ3n) is 0.569. The van der Waals surface area contributed by atoms with Gasteiger partial charge in [0, 0.05) is 0 Å². The molecule has 0 atom stereocenters. The molecule has 0 fully saturated rings. The Hall–Kier alpha value is -1.34. The van der Waals surface area contributed by atoms with Gasteiger partial charge in [-0.05, 0) is 0 Å². The van der Waals surface area contributed by atoms with Crippen LogP contribution in [0.5, 0.6) is 0 Å². The van der Waals surface area contributed by atoms with Gasteiger partial charge in [0.15, 0.2) is 0 Å². The van der Waals surface area contributed by atoms with Gasteiger partial charge in [-0.2, -0.15) is 8.78 Å². The number of hydrogen-bond donors (Lipinski definition) is 0. The normalized spacial score (nSPS) is 10.4. The van der Waals surface area contributed by atoms with Crippen LogP contribution in [0.15, 0.2) is 0 Å². The topological polar surface area (TPSA) is 86.3 Å². The van der Waals surface area contributed by atoms with Crippen LogP contribution < -0.4 is 0 Å². The average Bonchev–Trinajstić information content (AvgIpc) is 1.59. The lowest BCUT2D eigenvalue weighted by atomic mass is 10.6. The maximum atomic E-state index is 11.3. The van der Waals surface area contributed by atoms with E-state index < -0.39 is 22.4 Å². The first-order valence-electron chi connectivity index (χ1n) is 1.90. The second-order valence-corrected chi connectivity index (χ2v) is 1.17. The zero-order valence-electron chi connectivity index (χ0n) is 4.36. The van der Waals surface area contributed by atoms with Gasteiger partial charge in [-0.1, -0.05) is 0 Å². The lowest BCUT2D eigenvalue weighted by Crippen LogP contribution is -2.26. The maximum absolute atomic E-state index is 11.3. The van der Waals surface area contributed by atoms with Crippen molar-refractivity contribution in [1.82, 2.24) is 0 Å². The minimum atomic E-state index is -3.65. The van der Waals surface area contributed by atoms with Crippen molar-refractivity contribution >= 4 is 0 Å². The van der Waals surface area contributed by atoms with Crippen molar-refractivity contribution in [3.8, 4) is 0 Å². The average molecular weight is 155 g/mol. The number of nitro groups is 2. The van der Waals surface area contributed by atoms with Gasteiger partial charge in [0.25, 0.3) is 0 Å². The summed E-state index contributed by atoms with van der Waals surface area (Å²) in [4.78, 5) is 15.4. The van der Waals surface area contributed by atoms with Gasteiger partial charge in [0.1, 0.15) is 9.85 Å². The predicted molar refractivity (Wildman–Crippen MR) is 23.2 cm³/mol. The first-order valence-corrected chi connectivity index (χ1v) is 1.90. The second-order valence-electron chi connectivity index (χ2n) is 1.17. The van der Waals surface area contributed by atoms with Crippen molar-refractivity contribution in [2.75, 3.05) is 0 Å². The van der Waals surface area contributed by atoms with Gasteiger partial charge in [-0.15, -0.1) is 0 Å². The smallest absolute Gasteiger partial charge is 0.258 e. The molecule has 0 aromatic heterocycles. The molecule has 0 amide bonds. The molecular weight excluding hydrogens is 154 g/mol. The molecule has 0 aliphatic carbocycles. The van der Waals surface area contributed by atoms with Crippen LogP contribution in [0.1, 0.15) is 0 Å². The summed E-state index contributed by atoms with van der Waals surface area (Å²) in [5.74, 6) is 0. The van der Waals surface area contributed by atoms with Crippen molar-refractivity contribution in [2.45, 2.75) is 6.43 Å². The van der Waals surface area contributed by atoms with Crippen molar-refractivity contribution < 1.29 is 18.6 Å².